The molecule has 2 atom stereocenters. The molecule has 0 bridgehead atoms. The summed E-state index contributed by atoms with van der Waals surface area (Å²) in [6, 6.07) is -0.321. The number of alkyl halides is 3. The second kappa shape index (κ2) is 5.76. The van der Waals surface area contributed by atoms with Gasteiger partial charge in [0.05, 0.1) is 12.1 Å². The molecule has 0 aliphatic rings. The van der Waals surface area contributed by atoms with E-state index in [0.29, 0.717) is 16.2 Å². The number of hydrogen-bond donors (Lipinski definition) is 1. The van der Waals surface area contributed by atoms with Crippen molar-refractivity contribution in [2.75, 3.05) is 14.2 Å². The van der Waals surface area contributed by atoms with Gasteiger partial charge in [-0.1, -0.05) is 20.8 Å². The van der Waals surface area contributed by atoms with Crippen LogP contribution in [-0.2, 0) is 10.9 Å². The molecule has 1 N–H and O–H groups in total. The average molecular weight is 296 g/mol. The average Bonchev–Trinajstić information content (AvgIpc) is 2.72. The molecule has 0 aliphatic heterocycles. The van der Waals surface area contributed by atoms with Crippen molar-refractivity contribution in [2.24, 2.45) is 5.41 Å². The van der Waals surface area contributed by atoms with E-state index in [4.69, 9.17) is 4.74 Å². The van der Waals surface area contributed by atoms with Crippen LogP contribution in [0.15, 0.2) is 6.20 Å². The summed E-state index contributed by atoms with van der Waals surface area (Å²) in [6.07, 6.45) is -3.38. The van der Waals surface area contributed by atoms with Crippen molar-refractivity contribution < 1.29 is 17.9 Å². The van der Waals surface area contributed by atoms with E-state index in [2.05, 4.69) is 10.3 Å². The number of thiazole rings is 1. The van der Waals surface area contributed by atoms with E-state index in [1.165, 1.54) is 6.20 Å². The zero-order valence-electron chi connectivity index (χ0n) is 11.6. The Morgan fingerprint density at radius 1 is 1.32 bits per heavy atom. The van der Waals surface area contributed by atoms with E-state index in [9.17, 15) is 13.2 Å². The molecule has 0 amide bonds. The van der Waals surface area contributed by atoms with Crippen LogP contribution in [0.2, 0.25) is 0 Å². The largest absolute Gasteiger partial charge is 0.443 e. The summed E-state index contributed by atoms with van der Waals surface area (Å²) in [6.45, 7) is 5.95. The first-order valence-electron chi connectivity index (χ1n) is 5.84. The third-order valence-corrected chi connectivity index (χ3v) is 3.92. The lowest BCUT2D eigenvalue weighted by Gasteiger charge is -2.35. The minimum Gasteiger partial charge on any atom is -0.379 e. The second-order valence-corrected chi connectivity index (χ2v) is 6.42. The van der Waals surface area contributed by atoms with E-state index in [1.807, 2.05) is 20.8 Å². The lowest BCUT2D eigenvalue weighted by molar-refractivity contribution is -0.137. The van der Waals surface area contributed by atoms with Gasteiger partial charge in [-0.2, -0.15) is 13.2 Å². The maximum absolute atomic E-state index is 12.6. The van der Waals surface area contributed by atoms with Crippen molar-refractivity contribution in [2.45, 2.75) is 39.1 Å². The van der Waals surface area contributed by atoms with Gasteiger partial charge in [0.1, 0.15) is 0 Å². The number of aromatic nitrogens is 1. The number of hydrogen-bond acceptors (Lipinski definition) is 4. The lowest BCUT2D eigenvalue weighted by Crippen LogP contribution is -2.39. The van der Waals surface area contributed by atoms with Crippen molar-refractivity contribution in [3.05, 3.63) is 16.1 Å². The summed E-state index contributed by atoms with van der Waals surface area (Å²) in [4.78, 5) is 3.98. The Hall–Kier alpha value is -0.660. The molecule has 0 saturated carbocycles. The van der Waals surface area contributed by atoms with Crippen molar-refractivity contribution in [3.63, 3.8) is 0 Å². The van der Waals surface area contributed by atoms with Crippen molar-refractivity contribution in [3.8, 4) is 0 Å². The smallest absolute Gasteiger partial charge is 0.379 e. The van der Waals surface area contributed by atoms with Gasteiger partial charge in [-0.15, -0.1) is 11.3 Å². The molecule has 1 aromatic heterocycles. The number of nitrogens with one attached hydrogen (secondary N) is 1. The van der Waals surface area contributed by atoms with Crippen LogP contribution in [0.25, 0.3) is 0 Å². The molecule has 0 saturated heterocycles. The maximum Gasteiger partial charge on any atom is 0.443 e. The molecule has 7 heteroatoms. The summed E-state index contributed by atoms with van der Waals surface area (Å²) in [7, 11) is 3.27. The SMILES string of the molecule is CNC(c1cnc(C(F)(F)F)s1)C(OC)C(C)(C)C. The van der Waals surface area contributed by atoms with Gasteiger partial charge in [-0.3, -0.25) is 0 Å². The minimum absolute atomic E-state index is 0.204. The highest BCUT2D eigenvalue weighted by Gasteiger charge is 2.38. The zero-order valence-corrected chi connectivity index (χ0v) is 12.4. The monoisotopic (exact) mass is 296 g/mol. The third-order valence-electron chi connectivity index (χ3n) is 2.79. The first kappa shape index (κ1) is 16.4. The van der Waals surface area contributed by atoms with E-state index < -0.39 is 11.2 Å². The predicted octanol–water partition coefficient (Wildman–Crippen LogP) is 3.48. The number of likely N-dealkylation sites (N-methyl/N-ethyl adjacent to an activating group) is 1. The first-order valence-corrected chi connectivity index (χ1v) is 6.66. The highest BCUT2D eigenvalue weighted by molar-refractivity contribution is 7.11. The van der Waals surface area contributed by atoms with Crippen molar-refractivity contribution >= 4 is 11.3 Å². The topological polar surface area (TPSA) is 34.2 Å². The Bertz CT molecular complexity index is 412. The molecule has 0 aliphatic carbocycles. The van der Waals surface area contributed by atoms with Crippen LogP contribution in [0.4, 0.5) is 13.2 Å². The number of ether oxygens (including phenoxy) is 1. The van der Waals surface area contributed by atoms with E-state index in [0.717, 1.165) is 0 Å². The fourth-order valence-electron chi connectivity index (χ4n) is 1.99. The van der Waals surface area contributed by atoms with Crippen LogP contribution in [-0.4, -0.2) is 25.2 Å². The molecule has 110 valence electrons. The molecule has 19 heavy (non-hydrogen) atoms. The number of halogens is 3. The van der Waals surface area contributed by atoms with Gasteiger partial charge < -0.3 is 10.1 Å². The Labute approximate surface area is 115 Å². The van der Waals surface area contributed by atoms with Crippen LogP contribution in [0.3, 0.4) is 0 Å². The number of nitrogens with zero attached hydrogens (tertiary/aromatic N) is 1. The Kier molecular flexibility index (Phi) is 4.97. The summed E-state index contributed by atoms with van der Waals surface area (Å²) >= 11 is 0.654. The fourth-order valence-corrected chi connectivity index (χ4v) is 2.91. The molecule has 1 rings (SSSR count). The van der Waals surface area contributed by atoms with Crippen molar-refractivity contribution in [1.29, 1.82) is 0 Å². The normalized spacial score (nSPS) is 16.4. The lowest BCUT2D eigenvalue weighted by atomic mass is 9.84. The summed E-state index contributed by atoms with van der Waals surface area (Å²) in [5.41, 5.74) is -0.204. The van der Waals surface area contributed by atoms with E-state index >= 15 is 0 Å². The Balaban J connectivity index is 3.07. The maximum atomic E-state index is 12.6. The first-order chi connectivity index (χ1) is 8.61. The van der Waals surface area contributed by atoms with Crippen molar-refractivity contribution in [1.82, 2.24) is 10.3 Å². The standard InChI is InChI=1S/C12H19F3N2OS/c1-11(2,3)9(18-5)8(16-4)7-6-17-10(19-7)12(13,14)15/h6,8-9,16H,1-5H3. The van der Waals surface area contributed by atoms with E-state index in [-0.39, 0.29) is 17.6 Å². The molecule has 0 radical (unpaired) electrons. The van der Waals surface area contributed by atoms with E-state index in [1.54, 1.807) is 14.2 Å². The van der Waals surface area contributed by atoms with Crippen LogP contribution >= 0.6 is 11.3 Å². The molecule has 1 aromatic rings. The fraction of sp³-hybridized carbons (Fsp3) is 0.750. The number of rotatable bonds is 4. The van der Waals surface area contributed by atoms with Gasteiger partial charge in [0.15, 0.2) is 5.01 Å². The third kappa shape index (κ3) is 3.90. The Morgan fingerprint density at radius 3 is 2.21 bits per heavy atom. The second-order valence-electron chi connectivity index (χ2n) is 5.35. The van der Waals surface area contributed by atoms with Crippen LogP contribution in [0, 0.1) is 5.41 Å². The van der Waals surface area contributed by atoms with Gasteiger partial charge in [0.2, 0.25) is 0 Å². The highest BCUT2D eigenvalue weighted by atomic mass is 32.1. The molecular weight excluding hydrogens is 277 g/mol. The van der Waals surface area contributed by atoms with Gasteiger partial charge >= 0.3 is 6.18 Å². The van der Waals surface area contributed by atoms with Gasteiger partial charge in [-0.25, -0.2) is 4.98 Å². The molecule has 0 fully saturated rings. The summed E-state index contributed by atoms with van der Waals surface area (Å²) < 4.78 is 43.2. The molecule has 2 unspecified atom stereocenters. The highest BCUT2D eigenvalue weighted by Crippen LogP contribution is 2.38. The van der Waals surface area contributed by atoms with Gasteiger partial charge in [0.25, 0.3) is 0 Å². The Morgan fingerprint density at radius 2 is 1.89 bits per heavy atom. The molecule has 0 aromatic carbocycles. The molecule has 1 heterocycles. The minimum atomic E-state index is -4.40. The molecule has 3 nitrogen and oxygen atoms in total. The molecule has 0 spiro atoms. The quantitative estimate of drug-likeness (QED) is 0.923. The van der Waals surface area contributed by atoms with Gasteiger partial charge in [-0.05, 0) is 12.5 Å². The zero-order chi connectivity index (χ0) is 14.8. The van der Waals surface area contributed by atoms with Crippen LogP contribution < -0.4 is 5.32 Å². The van der Waals surface area contributed by atoms with Crippen LogP contribution in [0.1, 0.15) is 36.7 Å². The predicted molar refractivity (Wildman–Crippen MR) is 69.2 cm³/mol. The molecular formula is C12H19F3N2OS. The summed E-state index contributed by atoms with van der Waals surface area (Å²) in [5, 5.41) is 2.19. The van der Waals surface area contributed by atoms with Gasteiger partial charge in [0, 0.05) is 18.2 Å². The number of methoxy groups -OCH3 is 1. The summed E-state index contributed by atoms with van der Waals surface area (Å²) in [5.74, 6) is 0. The van der Waals surface area contributed by atoms with Crippen LogP contribution in [0.5, 0.6) is 0 Å².